The van der Waals surface area contributed by atoms with Gasteiger partial charge in [0.1, 0.15) is 10.6 Å². The highest BCUT2D eigenvalue weighted by molar-refractivity contribution is 7.15. The summed E-state index contributed by atoms with van der Waals surface area (Å²) in [4.78, 5) is 25.8. The molecule has 0 saturated carbocycles. The van der Waals surface area contributed by atoms with Crippen LogP contribution in [-0.4, -0.2) is 38.8 Å². The number of amides is 1. The molecule has 0 aliphatic heterocycles. The Bertz CT molecular complexity index is 1130. The summed E-state index contributed by atoms with van der Waals surface area (Å²) in [5.41, 5.74) is 1.98. The molecule has 1 aromatic heterocycles. The van der Waals surface area contributed by atoms with Gasteiger partial charge in [0.25, 0.3) is 5.91 Å². The van der Waals surface area contributed by atoms with E-state index in [4.69, 9.17) is 30.5 Å². The number of rotatable bonds is 10. The third kappa shape index (κ3) is 5.63. The van der Waals surface area contributed by atoms with Crippen LogP contribution in [0.25, 0.3) is 11.1 Å². The van der Waals surface area contributed by atoms with Gasteiger partial charge in [0.2, 0.25) is 5.75 Å². The second-order valence-corrected chi connectivity index (χ2v) is 8.22. The van der Waals surface area contributed by atoms with Crippen LogP contribution in [0.3, 0.4) is 0 Å². The first-order valence-electron chi connectivity index (χ1n) is 10.8. The maximum Gasteiger partial charge on any atom is 0.341 e. The number of ether oxygens (including phenoxy) is 4. The lowest BCUT2D eigenvalue weighted by molar-refractivity contribution is 0.0603. The van der Waals surface area contributed by atoms with Crippen molar-refractivity contribution >= 4 is 39.8 Å². The Morgan fingerprint density at radius 1 is 0.941 bits per heavy atom. The predicted molar refractivity (Wildman–Crippen MR) is 134 cm³/mol. The van der Waals surface area contributed by atoms with E-state index in [1.54, 1.807) is 41.8 Å². The van der Waals surface area contributed by atoms with E-state index in [1.165, 1.54) is 18.4 Å². The topological polar surface area (TPSA) is 83.1 Å². The van der Waals surface area contributed by atoms with Gasteiger partial charge in [-0.05, 0) is 50.6 Å². The van der Waals surface area contributed by atoms with E-state index in [2.05, 4.69) is 5.32 Å². The number of hydrogen-bond acceptors (Lipinski definition) is 7. The fourth-order valence-corrected chi connectivity index (χ4v) is 4.37. The maximum atomic E-state index is 13.2. The molecule has 1 N–H and O–H groups in total. The van der Waals surface area contributed by atoms with Crippen LogP contribution < -0.4 is 19.5 Å². The molecule has 0 bridgehead atoms. The highest BCUT2D eigenvalue weighted by atomic mass is 35.5. The molecule has 0 radical (unpaired) electrons. The summed E-state index contributed by atoms with van der Waals surface area (Å²) in [6, 6.07) is 10.3. The quantitative estimate of drug-likeness (QED) is 0.327. The van der Waals surface area contributed by atoms with Gasteiger partial charge in [0, 0.05) is 21.5 Å². The Morgan fingerprint density at radius 2 is 1.53 bits per heavy atom. The lowest BCUT2D eigenvalue weighted by atomic mass is 10.0. The monoisotopic (exact) mass is 503 g/mol. The van der Waals surface area contributed by atoms with Crippen LogP contribution in [0.4, 0.5) is 5.00 Å². The standard InChI is InChI=1S/C25H26ClNO6S/c1-5-31-19-12-16(13-20(32-6-2)22(19)33-7-3)23(28)27-24-21(25(29)30-4)18(14-34-24)15-8-10-17(26)11-9-15/h8-14H,5-7H2,1-4H3,(H,27,28). The van der Waals surface area contributed by atoms with Crippen molar-refractivity contribution in [2.75, 3.05) is 32.2 Å². The Hall–Kier alpha value is -3.23. The molecular weight excluding hydrogens is 478 g/mol. The highest BCUT2D eigenvalue weighted by Crippen LogP contribution is 2.40. The average molecular weight is 504 g/mol. The Labute approximate surface area is 207 Å². The van der Waals surface area contributed by atoms with E-state index >= 15 is 0 Å². The summed E-state index contributed by atoms with van der Waals surface area (Å²) >= 11 is 7.23. The third-order valence-corrected chi connectivity index (χ3v) is 5.88. The summed E-state index contributed by atoms with van der Waals surface area (Å²) < 4.78 is 22.1. The Morgan fingerprint density at radius 3 is 2.06 bits per heavy atom. The number of benzene rings is 2. The third-order valence-electron chi connectivity index (χ3n) is 4.73. The predicted octanol–water partition coefficient (Wildman–Crippen LogP) is 6.30. The van der Waals surface area contributed by atoms with Gasteiger partial charge in [-0.1, -0.05) is 23.7 Å². The molecule has 3 aromatic rings. The van der Waals surface area contributed by atoms with Crippen LogP contribution in [0.2, 0.25) is 5.02 Å². The number of thiophene rings is 1. The molecule has 7 nitrogen and oxygen atoms in total. The van der Waals surface area contributed by atoms with Gasteiger partial charge in [-0.3, -0.25) is 4.79 Å². The van der Waals surface area contributed by atoms with E-state index in [-0.39, 0.29) is 5.56 Å². The summed E-state index contributed by atoms with van der Waals surface area (Å²) in [6.45, 7) is 6.73. The van der Waals surface area contributed by atoms with E-state index in [1.807, 2.05) is 20.8 Å². The molecule has 0 fully saturated rings. The number of methoxy groups -OCH3 is 1. The highest BCUT2D eigenvalue weighted by Gasteiger charge is 2.24. The Balaban J connectivity index is 2.00. The van der Waals surface area contributed by atoms with Gasteiger partial charge in [-0.15, -0.1) is 11.3 Å². The van der Waals surface area contributed by atoms with E-state index in [0.717, 1.165) is 5.56 Å². The van der Waals surface area contributed by atoms with Crippen molar-refractivity contribution in [3.05, 3.63) is 57.9 Å². The van der Waals surface area contributed by atoms with Crippen LogP contribution in [0, 0.1) is 0 Å². The smallest absolute Gasteiger partial charge is 0.341 e. The van der Waals surface area contributed by atoms with Gasteiger partial charge >= 0.3 is 5.97 Å². The van der Waals surface area contributed by atoms with Crippen LogP contribution >= 0.6 is 22.9 Å². The molecule has 0 aliphatic carbocycles. The summed E-state index contributed by atoms with van der Waals surface area (Å²) in [6.07, 6.45) is 0. The van der Waals surface area contributed by atoms with Gasteiger partial charge in [0.15, 0.2) is 11.5 Å². The Kier molecular flexibility index (Phi) is 8.79. The van der Waals surface area contributed by atoms with Crippen LogP contribution in [0.15, 0.2) is 41.8 Å². The fourth-order valence-electron chi connectivity index (χ4n) is 3.29. The average Bonchev–Trinajstić information content (AvgIpc) is 3.24. The zero-order valence-corrected chi connectivity index (χ0v) is 21.0. The van der Waals surface area contributed by atoms with Gasteiger partial charge in [0.05, 0.1) is 26.9 Å². The SMILES string of the molecule is CCOc1cc(C(=O)Nc2scc(-c3ccc(Cl)cc3)c2C(=O)OC)cc(OCC)c1OCC. The van der Waals surface area contributed by atoms with Gasteiger partial charge in [-0.25, -0.2) is 4.79 Å². The molecule has 0 atom stereocenters. The molecule has 0 aliphatic rings. The van der Waals surface area contributed by atoms with Crippen molar-refractivity contribution in [1.29, 1.82) is 0 Å². The maximum absolute atomic E-state index is 13.2. The summed E-state index contributed by atoms with van der Waals surface area (Å²) in [5.74, 6) is 0.264. The lowest BCUT2D eigenvalue weighted by Gasteiger charge is -2.17. The first kappa shape index (κ1) is 25.4. The first-order chi connectivity index (χ1) is 16.4. The van der Waals surface area contributed by atoms with Crippen LogP contribution in [0.5, 0.6) is 17.2 Å². The van der Waals surface area contributed by atoms with Crippen molar-refractivity contribution in [2.24, 2.45) is 0 Å². The molecule has 9 heteroatoms. The van der Waals surface area contributed by atoms with Crippen molar-refractivity contribution in [2.45, 2.75) is 20.8 Å². The zero-order valence-electron chi connectivity index (χ0n) is 19.4. The molecule has 1 amide bonds. The molecule has 180 valence electrons. The number of halogens is 1. The molecule has 0 spiro atoms. The number of hydrogen-bond donors (Lipinski definition) is 1. The minimum atomic E-state index is -0.557. The lowest BCUT2D eigenvalue weighted by Crippen LogP contribution is -2.15. The van der Waals surface area contributed by atoms with Crippen molar-refractivity contribution in [1.82, 2.24) is 0 Å². The van der Waals surface area contributed by atoms with Crippen LogP contribution in [-0.2, 0) is 4.74 Å². The number of esters is 1. The van der Waals surface area contributed by atoms with Crippen molar-refractivity contribution in [3.63, 3.8) is 0 Å². The summed E-state index contributed by atoms with van der Waals surface area (Å²) in [5, 5.41) is 5.58. The van der Waals surface area contributed by atoms with E-state index in [9.17, 15) is 9.59 Å². The minimum Gasteiger partial charge on any atom is -0.490 e. The normalized spacial score (nSPS) is 10.5. The van der Waals surface area contributed by atoms with Crippen molar-refractivity contribution < 1.29 is 28.5 Å². The molecule has 1 heterocycles. The fraction of sp³-hybridized carbons (Fsp3) is 0.280. The number of carbonyl (C=O) groups excluding carboxylic acids is 2. The largest absolute Gasteiger partial charge is 0.490 e. The number of anilines is 1. The number of carbonyl (C=O) groups is 2. The van der Waals surface area contributed by atoms with E-state index < -0.39 is 11.9 Å². The first-order valence-corrected chi connectivity index (χ1v) is 12.0. The molecule has 0 saturated heterocycles. The molecule has 3 rings (SSSR count). The zero-order chi connectivity index (χ0) is 24.7. The van der Waals surface area contributed by atoms with Gasteiger partial charge < -0.3 is 24.3 Å². The number of nitrogens with one attached hydrogen (secondary N) is 1. The minimum absolute atomic E-state index is 0.268. The van der Waals surface area contributed by atoms with Crippen molar-refractivity contribution in [3.8, 4) is 28.4 Å². The molecule has 34 heavy (non-hydrogen) atoms. The van der Waals surface area contributed by atoms with E-state index in [0.29, 0.717) is 58.2 Å². The van der Waals surface area contributed by atoms with Gasteiger partial charge in [-0.2, -0.15) is 0 Å². The van der Waals surface area contributed by atoms with Crippen LogP contribution in [0.1, 0.15) is 41.5 Å². The molecule has 0 unspecified atom stereocenters. The second kappa shape index (κ2) is 11.8. The second-order valence-electron chi connectivity index (χ2n) is 6.91. The summed E-state index contributed by atoms with van der Waals surface area (Å²) in [7, 11) is 1.30. The molecule has 2 aromatic carbocycles. The molecular formula is C25H26ClNO6S.